The second kappa shape index (κ2) is 3.76. The van der Waals surface area contributed by atoms with Gasteiger partial charge in [0, 0.05) is 18.1 Å². The van der Waals surface area contributed by atoms with E-state index >= 15 is 0 Å². The van der Waals surface area contributed by atoms with Crippen LogP contribution in [0.5, 0.6) is 0 Å². The van der Waals surface area contributed by atoms with Crippen molar-refractivity contribution in [1.82, 2.24) is 9.78 Å². The second-order valence-corrected chi connectivity index (χ2v) is 4.39. The summed E-state index contributed by atoms with van der Waals surface area (Å²) in [6, 6.07) is 1.83. The predicted molar refractivity (Wildman–Crippen MR) is 59.8 cm³/mol. The quantitative estimate of drug-likeness (QED) is 0.836. The maximum atomic E-state index is 13.2. The number of hydrogen-bond donors (Lipinski definition) is 1. The molecule has 1 aliphatic rings. The van der Waals surface area contributed by atoms with Gasteiger partial charge in [-0.1, -0.05) is 0 Å². The predicted octanol–water partition coefficient (Wildman–Crippen LogP) is 2.75. The Morgan fingerprint density at radius 1 is 1.17 bits per heavy atom. The highest BCUT2D eigenvalue weighted by atomic mass is 19.2. The molecule has 0 amide bonds. The zero-order valence-corrected chi connectivity index (χ0v) is 9.33. The molecule has 2 aromatic rings. The lowest BCUT2D eigenvalue weighted by atomic mass is 10.2. The van der Waals surface area contributed by atoms with Crippen molar-refractivity contribution in [2.75, 3.05) is 5.73 Å². The van der Waals surface area contributed by atoms with E-state index in [0.29, 0.717) is 5.69 Å². The Kier molecular flexibility index (Phi) is 2.33. The molecule has 1 aromatic carbocycles. The highest BCUT2D eigenvalue weighted by Crippen LogP contribution is 2.43. The molecule has 1 aromatic heterocycles. The molecule has 18 heavy (non-hydrogen) atoms. The van der Waals surface area contributed by atoms with Gasteiger partial charge in [-0.15, -0.1) is 0 Å². The highest BCUT2D eigenvalue weighted by Gasteiger charge is 2.30. The van der Waals surface area contributed by atoms with Crippen LogP contribution in [0.15, 0.2) is 18.3 Å². The van der Waals surface area contributed by atoms with Gasteiger partial charge >= 0.3 is 0 Å². The maximum absolute atomic E-state index is 13.2. The summed E-state index contributed by atoms with van der Waals surface area (Å²) in [7, 11) is 0. The van der Waals surface area contributed by atoms with Crippen molar-refractivity contribution in [3.8, 4) is 5.69 Å². The van der Waals surface area contributed by atoms with Crippen LogP contribution in [0.25, 0.3) is 5.69 Å². The van der Waals surface area contributed by atoms with Crippen molar-refractivity contribution in [2.24, 2.45) is 0 Å². The Labute approximate surface area is 101 Å². The molecule has 1 heterocycles. The molecular formula is C12H10F3N3. The Hall–Kier alpha value is -1.98. The van der Waals surface area contributed by atoms with Crippen LogP contribution in [0.2, 0.25) is 0 Å². The van der Waals surface area contributed by atoms with Gasteiger partial charge in [-0.2, -0.15) is 5.10 Å². The average molecular weight is 253 g/mol. The minimum Gasteiger partial charge on any atom is -0.396 e. The fourth-order valence-electron chi connectivity index (χ4n) is 2.01. The van der Waals surface area contributed by atoms with Gasteiger partial charge in [0.25, 0.3) is 0 Å². The SMILES string of the molecule is Nc1cnn(-c2cc(F)c(F)c(F)c2)c1C1CC1. The molecule has 0 bridgehead atoms. The lowest BCUT2D eigenvalue weighted by Crippen LogP contribution is -2.05. The Balaban J connectivity index is 2.15. The minimum absolute atomic E-state index is 0.144. The third kappa shape index (κ3) is 1.64. The summed E-state index contributed by atoms with van der Waals surface area (Å²) < 4.78 is 40.7. The summed E-state index contributed by atoms with van der Waals surface area (Å²) in [6.45, 7) is 0. The normalized spacial score (nSPS) is 15.1. The monoisotopic (exact) mass is 253 g/mol. The van der Waals surface area contributed by atoms with Gasteiger partial charge < -0.3 is 5.73 Å². The van der Waals surface area contributed by atoms with Gasteiger partial charge in [0.2, 0.25) is 0 Å². The number of nitrogens with zero attached hydrogens (tertiary/aromatic N) is 2. The first-order valence-electron chi connectivity index (χ1n) is 5.56. The molecule has 0 spiro atoms. The summed E-state index contributed by atoms with van der Waals surface area (Å²) in [5.41, 5.74) is 7.15. The number of anilines is 1. The van der Waals surface area contributed by atoms with Crippen molar-refractivity contribution in [3.05, 3.63) is 41.5 Å². The van der Waals surface area contributed by atoms with Gasteiger partial charge in [-0.05, 0) is 12.8 Å². The lowest BCUT2D eigenvalue weighted by Gasteiger charge is -2.08. The van der Waals surface area contributed by atoms with E-state index in [1.165, 1.54) is 10.9 Å². The number of hydrogen-bond acceptors (Lipinski definition) is 2. The molecular weight excluding hydrogens is 243 g/mol. The molecule has 0 atom stereocenters. The van der Waals surface area contributed by atoms with Gasteiger partial charge in [0.1, 0.15) is 0 Å². The van der Waals surface area contributed by atoms with Gasteiger partial charge in [0.05, 0.1) is 23.3 Å². The summed E-state index contributed by atoms with van der Waals surface area (Å²) in [5.74, 6) is -3.68. The molecule has 0 aliphatic heterocycles. The largest absolute Gasteiger partial charge is 0.396 e. The molecule has 6 heteroatoms. The van der Waals surface area contributed by atoms with Gasteiger partial charge in [-0.3, -0.25) is 0 Å². The first-order valence-corrected chi connectivity index (χ1v) is 5.56. The molecule has 1 fully saturated rings. The zero-order valence-electron chi connectivity index (χ0n) is 9.33. The summed E-state index contributed by atoms with van der Waals surface area (Å²) in [6.07, 6.45) is 3.39. The number of benzene rings is 1. The van der Waals surface area contributed by atoms with Gasteiger partial charge in [0.15, 0.2) is 17.5 Å². The molecule has 2 N–H and O–H groups in total. The summed E-state index contributed by atoms with van der Waals surface area (Å²) in [4.78, 5) is 0. The maximum Gasteiger partial charge on any atom is 0.194 e. The fraction of sp³-hybridized carbons (Fsp3) is 0.250. The van der Waals surface area contributed by atoms with Crippen molar-refractivity contribution < 1.29 is 13.2 Å². The molecule has 0 radical (unpaired) electrons. The third-order valence-electron chi connectivity index (χ3n) is 3.01. The number of nitrogens with two attached hydrogens (primary N) is 1. The number of nitrogen functional groups attached to an aromatic ring is 1. The van der Waals surface area contributed by atoms with E-state index in [1.807, 2.05) is 0 Å². The third-order valence-corrected chi connectivity index (χ3v) is 3.01. The van der Waals surface area contributed by atoms with Crippen molar-refractivity contribution in [3.63, 3.8) is 0 Å². The standard InChI is InChI=1S/C12H10F3N3/c13-8-3-7(4-9(14)11(8)15)18-12(6-1-2-6)10(16)5-17-18/h3-6H,1-2,16H2. The first-order chi connectivity index (χ1) is 8.58. The van der Waals surface area contributed by atoms with Crippen molar-refractivity contribution >= 4 is 5.69 Å². The first kappa shape index (κ1) is 11.1. The van der Waals surface area contributed by atoms with E-state index in [-0.39, 0.29) is 11.6 Å². The van der Waals surface area contributed by atoms with E-state index in [1.54, 1.807) is 0 Å². The number of rotatable bonds is 2. The average Bonchev–Trinajstić information content (AvgIpc) is 3.09. The van der Waals surface area contributed by atoms with E-state index in [2.05, 4.69) is 5.10 Å². The smallest absolute Gasteiger partial charge is 0.194 e. The number of aromatic nitrogens is 2. The van der Waals surface area contributed by atoms with E-state index in [9.17, 15) is 13.2 Å². The van der Waals surface area contributed by atoms with Crippen LogP contribution in [-0.4, -0.2) is 9.78 Å². The van der Waals surface area contributed by atoms with Crippen LogP contribution < -0.4 is 5.73 Å². The molecule has 3 nitrogen and oxygen atoms in total. The molecule has 3 rings (SSSR count). The fourth-order valence-corrected chi connectivity index (χ4v) is 2.01. The zero-order chi connectivity index (χ0) is 12.9. The Morgan fingerprint density at radius 2 is 1.78 bits per heavy atom. The van der Waals surface area contributed by atoms with E-state index in [0.717, 1.165) is 30.7 Å². The minimum atomic E-state index is -1.48. The molecule has 0 saturated heterocycles. The highest BCUT2D eigenvalue weighted by molar-refractivity contribution is 5.49. The Morgan fingerprint density at radius 3 is 2.33 bits per heavy atom. The molecule has 1 saturated carbocycles. The van der Waals surface area contributed by atoms with E-state index in [4.69, 9.17) is 5.73 Å². The lowest BCUT2D eigenvalue weighted by molar-refractivity contribution is 0.445. The second-order valence-electron chi connectivity index (χ2n) is 4.39. The van der Waals surface area contributed by atoms with Gasteiger partial charge in [-0.25, -0.2) is 17.9 Å². The van der Waals surface area contributed by atoms with Crippen LogP contribution in [0.1, 0.15) is 24.5 Å². The molecule has 1 aliphatic carbocycles. The molecule has 94 valence electrons. The number of halogens is 3. The van der Waals surface area contributed by atoms with Crippen LogP contribution in [0, 0.1) is 17.5 Å². The van der Waals surface area contributed by atoms with Crippen molar-refractivity contribution in [2.45, 2.75) is 18.8 Å². The van der Waals surface area contributed by atoms with Crippen molar-refractivity contribution in [1.29, 1.82) is 0 Å². The van der Waals surface area contributed by atoms with E-state index < -0.39 is 17.5 Å². The van der Waals surface area contributed by atoms with Crippen LogP contribution in [0.4, 0.5) is 18.9 Å². The Bertz CT molecular complexity index is 594. The summed E-state index contributed by atoms with van der Waals surface area (Å²) >= 11 is 0. The topological polar surface area (TPSA) is 43.8 Å². The molecule has 0 unspecified atom stereocenters. The summed E-state index contributed by atoms with van der Waals surface area (Å²) in [5, 5.41) is 3.99. The van der Waals surface area contributed by atoms with Crippen LogP contribution in [-0.2, 0) is 0 Å². The van der Waals surface area contributed by atoms with Crippen LogP contribution >= 0.6 is 0 Å². The van der Waals surface area contributed by atoms with Crippen LogP contribution in [0.3, 0.4) is 0 Å².